The van der Waals surface area contributed by atoms with Crippen LogP contribution in [0.1, 0.15) is 67.6 Å². The predicted molar refractivity (Wildman–Crippen MR) is 133 cm³/mol. The number of carbonyl (C=O) groups is 1. The Morgan fingerprint density at radius 3 is 2.68 bits per heavy atom. The van der Waals surface area contributed by atoms with Gasteiger partial charge in [0.15, 0.2) is 0 Å². The number of nitrogens with zero attached hydrogens (tertiary/aromatic N) is 3. The van der Waals surface area contributed by atoms with Crippen LogP contribution in [0, 0.1) is 11.2 Å². The van der Waals surface area contributed by atoms with Gasteiger partial charge in [0.05, 0.1) is 28.3 Å². The third-order valence-corrected chi connectivity index (χ3v) is 8.03. The molecule has 4 rings (SSSR count). The van der Waals surface area contributed by atoms with E-state index in [1.165, 1.54) is 29.7 Å². The van der Waals surface area contributed by atoms with Crippen LogP contribution in [0.4, 0.5) is 4.39 Å². The van der Waals surface area contributed by atoms with Gasteiger partial charge in [-0.05, 0) is 42.5 Å². The van der Waals surface area contributed by atoms with Gasteiger partial charge in [0.2, 0.25) is 0 Å². The second-order valence-electron chi connectivity index (χ2n) is 9.72. The number of hydrogen-bond acceptors (Lipinski definition) is 5. The third kappa shape index (κ3) is 5.01. The molecule has 8 heteroatoms. The Bertz CT molecular complexity index is 1260. The van der Waals surface area contributed by atoms with Crippen molar-refractivity contribution >= 4 is 28.3 Å². The second kappa shape index (κ2) is 9.62. The van der Waals surface area contributed by atoms with Crippen molar-refractivity contribution < 1.29 is 9.18 Å². The Hall–Kier alpha value is -3.13. The van der Waals surface area contributed by atoms with Crippen molar-refractivity contribution in [2.75, 3.05) is 0 Å². The second-order valence-corrected chi connectivity index (χ2v) is 10.6. The molecule has 0 aliphatic carbocycles. The molecular formula is C26H30FN5OS. The van der Waals surface area contributed by atoms with Gasteiger partial charge in [-0.25, -0.2) is 14.4 Å². The first kappa shape index (κ1) is 24.0. The lowest BCUT2D eigenvalue weighted by Crippen LogP contribution is -2.37. The van der Waals surface area contributed by atoms with Crippen LogP contribution in [0.3, 0.4) is 0 Å². The number of aromatic nitrogens is 4. The lowest BCUT2D eigenvalue weighted by Gasteiger charge is -2.40. The Kier molecular flexibility index (Phi) is 6.79. The van der Waals surface area contributed by atoms with Crippen molar-refractivity contribution in [2.45, 2.75) is 58.9 Å². The minimum atomic E-state index is -0.438. The number of benzene rings is 1. The lowest BCUT2D eigenvalue weighted by molar-refractivity contribution is 0.0944. The van der Waals surface area contributed by atoms with E-state index in [2.05, 4.69) is 52.9 Å². The van der Waals surface area contributed by atoms with Gasteiger partial charge in [-0.2, -0.15) is 0 Å². The Labute approximate surface area is 203 Å². The maximum atomic E-state index is 13.8. The summed E-state index contributed by atoms with van der Waals surface area (Å²) in [4.78, 5) is 29.3. The SMILES string of the molecule is CC(C)(CCCc1nc2ccccc2[nH]1)C(C)(C)c1nc(C(=O)NCc2ncccc2F)cs1. The van der Waals surface area contributed by atoms with E-state index in [-0.39, 0.29) is 29.0 Å². The first-order valence-electron chi connectivity index (χ1n) is 11.4. The molecule has 3 aromatic heterocycles. The molecule has 0 fully saturated rings. The molecule has 0 bridgehead atoms. The van der Waals surface area contributed by atoms with Crippen molar-refractivity contribution in [2.24, 2.45) is 5.41 Å². The van der Waals surface area contributed by atoms with E-state index in [0.717, 1.165) is 41.1 Å². The summed E-state index contributed by atoms with van der Waals surface area (Å²) in [6.45, 7) is 8.87. The van der Waals surface area contributed by atoms with Crippen molar-refractivity contribution in [3.63, 3.8) is 0 Å². The highest BCUT2D eigenvalue weighted by Gasteiger charge is 2.40. The van der Waals surface area contributed by atoms with Crippen molar-refractivity contribution in [3.05, 3.63) is 76.0 Å². The molecule has 178 valence electrons. The van der Waals surface area contributed by atoms with Gasteiger partial charge in [0.1, 0.15) is 17.3 Å². The number of nitrogens with one attached hydrogen (secondary N) is 2. The van der Waals surface area contributed by atoms with Crippen LogP contribution in [0.15, 0.2) is 48.0 Å². The van der Waals surface area contributed by atoms with E-state index in [0.29, 0.717) is 5.69 Å². The number of rotatable bonds is 9. The van der Waals surface area contributed by atoms with E-state index in [1.807, 2.05) is 24.3 Å². The first-order chi connectivity index (χ1) is 16.2. The average molecular weight is 480 g/mol. The largest absolute Gasteiger partial charge is 0.345 e. The summed E-state index contributed by atoms with van der Waals surface area (Å²) in [6.07, 6.45) is 4.36. The van der Waals surface area contributed by atoms with Gasteiger partial charge in [0, 0.05) is 23.4 Å². The highest BCUT2D eigenvalue weighted by molar-refractivity contribution is 7.10. The third-order valence-electron chi connectivity index (χ3n) is 6.87. The fourth-order valence-corrected chi connectivity index (χ4v) is 5.00. The number of thiazole rings is 1. The summed E-state index contributed by atoms with van der Waals surface area (Å²) < 4.78 is 13.8. The summed E-state index contributed by atoms with van der Waals surface area (Å²) in [6, 6.07) is 10.9. The van der Waals surface area contributed by atoms with E-state index >= 15 is 0 Å². The highest BCUT2D eigenvalue weighted by atomic mass is 32.1. The summed E-state index contributed by atoms with van der Waals surface area (Å²) in [5.74, 6) is 0.241. The van der Waals surface area contributed by atoms with Crippen LogP contribution < -0.4 is 5.32 Å². The van der Waals surface area contributed by atoms with Crippen LogP contribution in [-0.4, -0.2) is 25.8 Å². The number of para-hydroxylation sites is 2. The zero-order valence-corrected chi connectivity index (χ0v) is 20.8. The summed E-state index contributed by atoms with van der Waals surface area (Å²) in [5, 5.41) is 5.40. The van der Waals surface area contributed by atoms with Crippen LogP contribution in [0.25, 0.3) is 11.0 Å². The topological polar surface area (TPSA) is 83.6 Å². The fourth-order valence-electron chi connectivity index (χ4n) is 3.89. The first-order valence-corrected chi connectivity index (χ1v) is 12.3. The smallest absolute Gasteiger partial charge is 0.271 e. The quantitative estimate of drug-likeness (QED) is 0.317. The van der Waals surface area contributed by atoms with E-state index in [9.17, 15) is 9.18 Å². The minimum Gasteiger partial charge on any atom is -0.345 e. The van der Waals surface area contributed by atoms with Gasteiger partial charge in [-0.3, -0.25) is 9.78 Å². The molecule has 0 radical (unpaired) electrons. The number of carbonyl (C=O) groups excluding carboxylic acids is 1. The predicted octanol–water partition coefficient (Wildman–Crippen LogP) is 5.81. The van der Waals surface area contributed by atoms with Crippen molar-refractivity contribution in [1.82, 2.24) is 25.3 Å². The highest BCUT2D eigenvalue weighted by Crippen LogP contribution is 2.45. The zero-order chi connectivity index (χ0) is 24.3. The number of aromatic amines is 1. The molecule has 0 saturated heterocycles. The molecule has 0 aliphatic rings. The van der Waals surface area contributed by atoms with E-state index < -0.39 is 5.82 Å². The lowest BCUT2D eigenvalue weighted by atomic mass is 9.65. The standard InChI is InChI=1S/C26H30FN5OS/c1-25(2,13-7-12-22-30-18-10-5-6-11-19(18)31-22)26(3,4)24-32-21(16-34-24)23(33)29-15-20-17(27)9-8-14-28-20/h5-6,8-11,14,16H,7,12-13,15H2,1-4H3,(H,29,33)(H,30,31). The maximum Gasteiger partial charge on any atom is 0.271 e. The molecule has 6 nitrogen and oxygen atoms in total. The van der Waals surface area contributed by atoms with Gasteiger partial charge < -0.3 is 10.3 Å². The molecular weight excluding hydrogens is 449 g/mol. The Morgan fingerprint density at radius 2 is 1.91 bits per heavy atom. The number of fused-ring (bicyclic) bond motifs is 1. The van der Waals surface area contributed by atoms with Crippen LogP contribution in [-0.2, 0) is 18.4 Å². The molecule has 3 heterocycles. The number of amides is 1. The minimum absolute atomic E-state index is 0.0229. The number of imidazole rings is 1. The molecule has 0 aliphatic heterocycles. The number of hydrogen-bond donors (Lipinski definition) is 2. The Balaban J connectivity index is 1.37. The number of H-pyrrole nitrogens is 1. The fraction of sp³-hybridized carbons (Fsp3) is 0.385. The van der Waals surface area contributed by atoms with Crippen LogP contribution in [0.5, 0.6) is 0 Å². The monoisotopic (exact) mass is 479 g/mol. The van der Waals surface area contributed by atoms with Crippen molar-refractivity contribution in [3.8, 4) is 0 Å². The summed E-state index contributed by atoms with van der Waals surface area (Å²) in [5.41, 5.74) is 2.33. The molecule has 0 saturated carbocycles. The molecule has 0 unspecified atom stereocenters. The molecule has 0 atom stereocenters. The van der Waals surface area contributed by atoms with Crippen molar-refractivity contribution in [1.29, 1.82) is 0 Å². The van der Waals surface area contributed by atoms with Crippen LogP contribution >= 0.6 is 11.3 Å². The van der Waals surface area contributed by atoms with E-state index in [1.54, 1.807) is 5.38 Å². The Morgan fingerprint density at radius 1 is 1.12 bits per heavy atom. The van der Waals surface area contributed by atoms with Crippen LogP contribution in [0.2, 0.25) is 0 Å². The zero-order valence-electron chi connectivity index (χ0n) is 20.0. The number of halogens is 1. The van der Waals surface area contributed by atoms with Gasteiger partial charge in [-0.1, -0.05) is 39.8 Å². The van der Waals surface area contributed by atoms with E-state index in [4.69, 9.17) is 0 Å². The maximum absolute atomic E-state index is 13.8. The molecule has 1 aromatic carbocycles. The summed E-state index contributed by atoms with van der Waals surface area (Å²) in [7, 11) is 0. The average Bonchev–Trinajstić information content (AvgIpc) is 3.45. The molecule has 4 aromatic rings. The van der Waals surface area contributed by atoms with Gasteiger partial charge >= 0.3 is 0 Å². The van der Waals surface area contributed by atoms with Gasteiger partial charge in [-0.15, -0.1) is 11.3 Å². The molecule has 34 heavy (non-hydrogen) atoms. The molecule has 1 amide bonds. The number of pyridine rings is 1. The summed E-state index contributed by atoms with van der Waals surface area (Å²) >= 11 is 1.49. The molecule has 2 N–H and O–H groups in total. The van der Waals surface area contributed by atoms with Gasteiger partial charge in [0.25, 0.3) is 5.91 Å². The number of aryl methyl sites for hydroxylation is 1. The normalized spacial score (nSPS) is 12.3. The molecule has 0 spiro atoms.